The number of hydrogen-bond donors (Lipinski definition) is 1. The molecule has 0 spiro atoms. The lowest BCUT2D eigenvalue weighted by Gasteiger charge is -2.11. The minimum atomic E-state index is -0.489. The number of hydrogen-bond acceptors (Lipinski definition) is 6. The van der Waals surface area contributed by atoms with Crippen LogP contribution in [0.3, 0.4) is 0 Å². The van der Waals surface area contributed by atoms with E-state index in [4.69, 9.17) is 9.47 Å². The third-order valence-electron chi connectivity index (χ3n) is 2.99. The summed E-state index contributed by atoms with van der Waals surface area (Å²) in [5.41, 5.74) is 1.44. The molecule has 1 amide bonds. The molecule has 0 bridgehead atoms. The minimum Gasteiger partial charge on any atom is -0.493 e. The van der Waals surface area contributed by atoms with E-state index < -0.39 is 5.97 Å². The highest BCUT2D eigenvalue weighted by Crippen LogP contribution is 2.28. The van der Waals surface area contributed by atoms with Crippen LogP contribution in [0.15, 0.2) is 29.6 Å². The Hall–Kier alpha value is -2.54. The Balaban J connectivity index is 1.99. The predicted octanol–water partition coefficient (Wildman–Crippen LogP) is 2.87. The highest BCUT2D eigenvalue weighted by atomic mass is 32.1. The van der Waals surface area contributed by atoms with Crippen LogP contribution in [0.25, 0.3) is 0 Å². The Bertz CT molecular complexity index is 710. The van der Waals surface area contributed by atoms with Gasteiger partial charge in [-0.25, -0.2) is 4.79 Å². The molecule has 23 heavy (non-hydrogen) atoms. The molecule has 0 radical (unpaired) electrons. The normalized spacial score (nSPS) is 10.0. The SMILES string of the molecule is COC(=O)c1sccc1NC(=O)COc1ccc(C)cc1OC. The van der Waals surface area contributed by atoms with E-state index in [-0.39, 0.29) is 12.5 Å². The number of rotatable bonds is 6. The highest BCUT2D eigenvalue weighted by Gasteiger charge is 2.16. The molecule has 1 N–H and O–H groups in total. The van der Waals surface area contributed by atoms with Gasteiger partial charge in [0.25, 0.3) is 5.91 Å². The summed E-state index contributed by atoms with van der Waals surface area (Å²) in [5.74, 6) is 0.169. The molecular formula is C16H17NO5S. The molecular weight excluding hydrogens is 318 g/mol. The van der Waals surface area contributed by atoms with Gasteiger partial charge in [-0.1, -0.05) is 6.07 Å². The van der Waals surface area contributed by atoms with Crippen LogP contribution in [0.5, 0.6) is 11.5 Å². The third kappa shape index (κ3) is 4.23. The van der Waals surface area contributed by atoms with Gasteiger partial charge in [-0.2, -0.15) is 0 Å². The Morgan fingerprint density at radius 3 is 2.65 bits per heavy atom. The number of esters is 1. The van der Waals surface area contributed by atoms with Crippen molar-refractivity contribution in [1.82, 2.24) is 0 Å². The van der Waals surface area contributed by atoms with Gasteiger partial charge in [-0.05, 0) is 36.1 Å². The van der Waals surface area contributed by atoms with Crippen molar-refractivity contribution in [3.8, 4) is 11.5 Å². The zero-order chi connectivity index (χ0) is 16.8. The summed E-state index contributed by atoms with van der Waals surface area (Å²) in [6.07, 6.45) is 0. The van der Waals surface area contributed by atoms with Gasteiger partial charge in [0.1, 0.15) is 4.88 Å². The summed E-state index contributed by atoms with van der Waals surface area (Å²) in [7, 11) is 2.83. The van der Waals surface area contributed by atoms with Gasteiger partial charge in [-0.3, -0.25) is 4.79 Å². The first kappa shape index (κ1) is 16.8. The van der Waals surface area contributed by atoms with E-state index in [0.29, 0.717) is 22.1 Å². The Labute approximate surface area is 138 Å². The second kappa shape index (κ2) is 7.64. The molecule has 6 nitrogen and oxygen atoms in total. The number of ether oxygens (including phenoxy) is 3. The Morgan fingerprint density at radius 2 is 1.96 bits per heavy atom. The lowest BCUT2D eigenvalue weighted by molar-refractivity contribution is -0.118. The molecule has 0 aliphatic heterocycles. The van der Waals surface area contributed by atoms with Crippen molar-refractivity contribution in [2.75, 3.05) is 26.1 Å². The first-order valence-corrected chi connectivity index (χ1v) is 7.66. The molecule has 1 heterocycles. The van der Waals surface area contributed by atoms with Crippen molar-refractivity contribution in [3.05, 3.63) is 40.1 Å². The molecule has 0 aliphatic rings. The maximum Gasteiger partial charge on any atom is 0.350 e. The molecule has 1 aromatic heterocycles. The smallest absolute Gasteiger partial charge is 0.350 e. The summed E-state index contributed by atoms with van der Waals surface area (Å²) in [4.78, 5) is 23.9. The fraction of sp³-hybridized carbons (Fsp3) is 0.250. The van der Waals surface area contributed by atoms with Crippen LogP contribution in [0, 0.1) is 6.92 Å². The van der Waals surface area contributed by atoms with Crippen molar-refractivity contribution < 1.29 is 23.8 Å². The summed E-state index contributed by atoms with van der Waals surface area (Å²) in [6.45, 7) is 1.74. The number of carbonyl (C=O) groups is 2. The molecule has 1 aromatic carbocycles. The van der Waals surface area contributed by atoms with E-state index in [1.807, 2.05) is 19.1 Å². The lowest BCUT2D eigenvalue weighted by Crippen LogP contribution is -2.21. The van der Waals surface area contributed by atoms with Crippen molar-refractivity contribution >= 4 is 28.9 Å². The van der Waals surface area contributed by atoms with Crippen LogP contribution < -0.4 is 14.8 Å². The van der Waals surface area contributed by atoms with Crippen LogP contribution in [0.1, 0.15) is 15.2 Å². The number of carbonyl (C=O) groups excluding carboxylic acids is 2. The molecule has 2 aromatic rings. The molecule has 2 rings (SSSR count). The second-order valence-corrected chi connectivity index (χ2v) is 5.56. The number of thiophene rings is 1. The average Bonchev–Trinajstić information content (AvgIpc) is 3.00. The van der Waals surface area contributed by atoms with E-state index >= 15 is 0 Å². The number of aryl methyl sites for hydroxylation is 1. The number of nitrogens with one attached hydrogen (secondary N) is 1. The monoisotopic (exact) mass is 335 g/mol. The number of anilines is 1. The van der Waals surface area contributed by atoms with E-state index in [1.54, 1.807) is 17.5 Å². The standard InChI is InChI=1S/C16H17NO5S/c1-10-4-5-12(13(8-10)20-2)22-9-14(18)17-11-6-7-23-15(11)16(19)21-3/h4-8H,9H2,1-3H3,(H,17,18). The van der Waals surface area contributed by atoms with Crippen molar-refractivity contribution in [2.24, 2.45) is 0 Å². The van der Waals surface area contributed by atoms with Gasteiger partial charge in [0.05, 0.1) is 19.9 Å². The van der Waals surface area contributed by atoms with Crippen LogP contribution >= 0.6 is 11.3 Å². The second-order valence-electron chi connectivity index (χ2n) is 4.65. The van der Waals surface area contributed by atoms with Crippen LogP contribution in [0.4, 0.5) is 5.69 Å². The largest absolute Gasteiger partial charge is 0.493 e. The van der Waals surface area contributed by atoms with Crippen molar-refractivity contribution in [3.63, 3.8) is 0 Å². The van der Waals surface area contributed by atoms with Crippen LogP contribution in [-0.2, 0) is 9.53 Å². The maximum absolute atomic E-state index is 12.0. The molecule has 0 atom stereocenters. The quantitative estimate of drug-likeness (QED) is 0.822. The predicted molar refractivity (Wildman–Crippen MR) is 87.5 cm³/mol. The number of methoxy groups -OCH3 is 2. The van der Waals surface area contributed by atoms with Crippen molar-refractivity contribution in [2.45, 2.75) is 6.92 Å². The molecule has 122 valence electrons. The molecule has 7 heteroatoms. The number of amides is 1. The topological polar surface area (TPSA) is 73.9 Å². The van der Waals surface area contributed by atoms with Gasteiger partial charge in [0.15, 0.2) is 18.1 Å². The first-order valence-electron chi connectivity index (χ1n) is 6.78. The fourth-order valence-corrected chi connectivity index (χ4v) is 2.65. The van der Waals surface area contributed by atoms with Gasteiger partial charge >= 0.3 is 5.97 Å². The fourth-order valence-electron chi connectivity index (χ4n) is 1.88. The zero-order valence-electron chi connectivity index (χ0n) is 13.0. The van der Waals surface area contributed by atoms with Crippen LogP contribution in [0.2, 0.25) is 0 Å². The molecule has 0 saturated heterocycles. The highest BCUT2D eigenvalue weighted by molar-refractivity contribution is 7.12. The summed E-state index contributed by atoms with van der Waals surface area (Å²) in [5, 5.41) is 4.33. The van der Waals surface area contributed by atoms with E-state index in [1.165, 1.54) is 25.6 Å². The summed E-state index contributed by atoms with van der Waals surface area (Å²) >= 11 is 1.20. The van der Waals surface area contributed by atoms with E-state index in [9.17, 15) is 9.59 Å². The third-order valence-corrected chi connectivity index (χ3v) is 3.88. The van der Waals surface area contributed by atoms with Gasteiger partial charge in [0.2, 0.25) is 0 Å². The zero-order valence-corrected chi connectivity index (χ0v) is 13.9. The van der Waals surface area contributed by atoms with E-state index in [0.717, 1.165) is 5.56 Å². The Morgan fingerprint density at radius 1 is 1.17 bits per heavy atom. The van der Waals surface area contributed by atoms with Gasteiger partial charge < -0.3 is 19.5 Å². The van der Waals surface area contributed by atoms with Gasteiger partial charge in [-0.15, -0.1) is 11.3 Å². The lowest BCUT2D eigenvalue weighted by atomic mass is 10.2. The van der Waals surface area contributed by atoms with Crippen LogP contribution in [-0.4, -0.2) is 32.7 Å². The Kier molecular flexibility index (Phi) is 5.59. The molecule has 0 aliphatic carbocycles. The van der Waals surface area contributed by atoms with E-state index in [2.05, 4.69) is 10.1 Å². The molecule has 0 unspecified atom stereocenters. The molecule has 0 saturated carbocycles. The summed E-state index contributed by atoms with van der Waals surface area (Å²) < 4.78 is 15.3. The minimum absolute atomic E-state index is 0.199. The number of benzene rings is 1. The molecule has 0 fully saturated rings. The maximum atomic E-state index is 12.0. The van der Waals surface area contributed by atoms with Gasteiger partial charge in [0, 0.05) is 0 Å². The first-order chi connectivity index (χ1) is 11.0. The van der Waals surface area contributed by atoms with Crippen molar-refractivity contribution in [1.29, 1.82) is 0 Å². The summed E-state index contributed by atoms with van der Waals surface area (Å²) in [6, 6.07) is 7.07. The average molecular weight is 335 g/mol.